The molecule has 3 rings (SSSR count). The number of amides is 1. The normalized spacial score (nSPS) is 17.9. The molecule has 0 spiro atoms. The second-order valence-electron chi connectivity index (χ2n) is 8.12. The van der Waals surface area contributed by atoms with E-state index in [1.165, 1.54) is 12.1 Å². The van der Waals surface area contributed by atoms with Gasteiger partial charge in [0.1, 0.15) is 24.2 Å². The average molecular weight is 462 g/mol. The van der Waals surface area contributed by atoms with Gasteiger partial charge in [-0.3, -0.25) is 14.6 Å². The van der Waals surface area contributed by atoms with Crippen molar-refractivity contribution in [2.45, 2.75) is 19.1 Å². The smallest absolute Gasteiger partial charge is 0.238 e. The Labute approximate surface area is 193 Å². The second kappa shape index (κ2) is 11.8. The number of aliphatic hydroxyl groups is 1. The van der Waals surface area contributed by atoms with Gasteiger partial charge < -0.3 is 24.6 Å². The van der Waals surface area contributed by atoms with Crippen molar-refractivity contribution in [3.05, 3.63) is 48.3 Å². The highest BCUT2D eigenvalue weighted by molar-refractivity contribution is 5.92. The standard InChI is InChI=1S/C24H32FN3O5/c1-17-13-27(15-24(30)26-18-10-20(31-2)12-21(11-18)32-3)8-9-28(17)14-19(29)16-33-23-7-5-4-6-22(23)25/h4-7,10-12,17,19,29H,8-9,13-16H2,1-3H3,(H,26,30)/t17-,19+/m0/s1. The van der Waals surface area contributed by atoms with Crippen molar-refractivity contribution in [1.82, 2.24) is 9.80 Å². The number of carbonyl (C=O) groups is 1. The van der Waals surface area contributed by atoms with E-state index in [-0.39, 0.29) is 30.9 Å². The number of methoxy groups -OCH3 is 2. The summed E-state index contributed by atoms with van der Waals surface area (Å²) in [5.74, 6) is 0.768. The van der Waals surface area contributed by atoms with E-state index in [9.17, 15) is 14.3 Å². The fraction of sp³-hybridized carbons (Fsp3) is 0.458. The first-order chi connectivity index (χ1) is 15.9. The number of rotatable bonds is 10. The van der Waals surface area contributed by atoms with Crippen molar-refractivity contribution in [3.63, 3.8) is 0 Å². The number of piperazine rings is 1. The molecule has 2 N–H and O–H groups in total. The van der Waals surface area contributed by atoms with Crippen LogP contribution in [0.2, 0.25) is 0 Å². The summed E-state index contributed by atoms with van der Waals surface area (Å²) in [5.41, 5.74) is 0.612. The van der Waals surface area contributed by atoms with Gasteiger partial charge in [-0.15, -0.1) is 0 Å². The van der Waals surface area contributed by atoms with Crippen LogP contribution < -0.4 is 19.5 Å². The lowest BCUT2D eigenvalue weighted by atomic mass is 10.1. The van der Waals surface area contributed by atoms with Gasteiger partial charge in [0.15, 0.2) is 11.6 Å². The number of anilines is 1. The molecule has 33 heavy (non-hydrogen) atoms. The Bertz CT molecular complexity index is 906. The van der Waals surface area contributed by atoms with Crippen LogP contribution in [0.1, 0.15) is 6.92 Å². The lowest BCUT2D eigenvalue weighted by Crippen LogP contribution is -2.55. The van der Waals surface area contributed by atoms with Gasteiger partial charge in [-0.25, -0.2) is 4.39 Å². The molecule has 1 heterocycles. The molecule has 0 saturated carbocycles. The third-order valence-corrected chi connectivity index (χ3v) is 5.56. The summed E-state index contributed by atoms with van der Waals surface area (Å²) < 4.78 is 29.5. The maximum Gasteiger partial charge on any atom is 0.238 e. The Kier molecular flexibility index (Phi) is 8.87. The van der Waals surface area contributed by atoms with Crippen LogP contribution in [0.25, 0.3) is 0 Å². The number of aliphatic hydroxyl groups excluding tert-OH is 1. The van der Waals surface area contributed by atoms with Gasteiger partial charge in [-0.2, -0.15) is 0 Å². The van der Waals surface area contributed by atoms with Crippen molar-refractivity contribution in [2.24, 2.45) is 0 Å². The van der Waals surface area contributed by atoms with E-state index in [4.69, 9.17) is 14.2 Å². The molecule has 9 heteroatoms. The zero-order valence-electron chi connectivity index (χ0n) is 19.3. The van der Waals surface area contributed by atoms with Crippen LogP contribution in [-0.2, 0) is 4.79 Å². The molecule has 1 aliphatic heterocycles. The van der Waals surface area contributed by atoms with E-state index in [1.54, 1.807) is 44.6 Å². The molecular formula is C24H32FN3O5. The minimum atomic E-state index is -0.745. The van der Waals surface area contributed by atoms with Gasteiger partial charge in [0, 0.05) is 56.1 Å². The molecule has 8 nitrogen and oxygen atoms in total. The van der Waals surface area contributed by atoms with Gasteiger partial charge in [0.2, 0.25) is 5.91 Å². The lowest BCUT2D eigenvalue weighted by molar-refractivity contribution is -0.118. The summed E-state index contributed by atoms with van der Waals surface area (Å²) in [6.07, 6.45) is -0.745. The predicted molar refractivity (Wildman–Crippen MR) is 124 cm³/mol. The van der Waals surface area contributed by atoms with Crippen LogP contribution in [0.4, 0.5) is 10.1 Å². The Morgan fingerprint density at radius 3 is 2.52 bits per heavy atom. The minimum absolute atomic E-state index is 0.0142. The van der Waals surface area contributed by atoms with Gasteiger partial charge in [-0.05, 0) is 19.1 Å². The first-order valence-corrected chi connectivity index (χ1v) is 10.9. The number of β-amino-alcohol motifs (C(OH)–C–C–N with tert-alkyl or cyclic N) is 1. The Morgan fingerprint density at radius 1 is 1.18 bits per heavy atom. The topological polar surface area (TPSA) is 83.5 Å². The van der Waals surface area contributed by atoms with E-state index < -0.39 is 11.9 Å². The highest BCUT2D eigenvalue weighted by Gasteiger charge is 2.26. The highest BCUT2D eigenvalue weighted by atomic mass is 19.1. The number of para-hydroxylation sites is 1. The number of nitrogens with one attached hydrogen (secondary N) is 1. The lowest BCUT2D eigenvalue weighted by Gasteiger charge is -2.40. The Hall–Kier alpha value is -2.88. The molecule has 1 saturated heterocycles. The van der Waals surface area contributed by atoms with E-state index in [0.29, 0.717) is 43.4 Å². The molecule has 0 aliphatic carbocycles. The van der Waals surface area contributed by atoms with Crippen LogP contribution in [0.3, 0.4) is 0 Å². The molecule has 180 valence electrons. The van der Waals surface area contributed by atoms with Crippen molar-refractivity contribution in [3.8, 4) is 17.2 Å². The molecular weight excluding hydrogens is 429 g/mol. The van der Waals surface area contributed by atoms with Crippen LogP contribution in [0.5, 0.6) is 17.2 Å². The van der Waals surface area contributed by atoms with Crippen LogP contribution in [0, 0.1) is 5.82 Å². The van der Waals surface area contributed by atoms with Crippen LogP contribution in [0.15, 0.2) is 42.5 Å². The molecule has 1 aliphatic rings. The third kappa shape index (κ3) is 7.31. The number of benzene rings is 2. The van der Waals surface area contributed by atoms with Crippen molar-refractivity contribution in [1.29, 1.82) is 0 Å². The fourth-order valence-electron chi connectivity index (χ4n) is 3.84. The summed E-state index contributed by atoms with van der Waals surface area (Å²) in [6.45, 7) is 4.84. The molecule has 0 bridgehead atoms. The Balaban J connectivity index is 1.44. The van der Waals surface area contributed by atoms with Crippen molar-refractivity contribution in [2.75, 3.05) is 58.9 Å². The first kappa shape index (κ1) is 24.8. The maximum absolute atomic E-state index is 13.7. The monoisotopic (exact) mass is 461 g/mol. The van der Waals surface area contributed by atoms with Crippen molar-refractivity contribution < 1.29 is 28.5 Å². The van der Waals surface area contributed by atoms with Crippen LogP contribution in [-0.4, -0.2) is 86.5 Å². The summed E-state index contributed by atoms with van der Waals surface area (Å²) >= 11 is 0. The largest absolute Gasteiger partial charge is 0.497 e. The maximum atomic E-state index is 13.7. The number of hydrogen-bond donors (Lipinski definition) is 2. The molecule has 2 aromatic carbocycles. The quantitative estimate of drug-likeness (QED) is 0.561. The SMILES string of the molecule is COc1cc(NC(=O)CN2CCN(C[C@@H](O)COc3ccccc3F)[C@@H](C)C2)cc(OC)c1. The number of nitrogens with zero attached hydrogens (tertiary/aromatic N) is 2. The summed E-state index contributed by atoms with van der Waals surface area (Å²) in [6, 6.07) is 11.5. The number of carbonyl (C=O) groups excluding carboxylic acids is 1. The average Bonchev–Trinajstić information content (AvgIpc) is 2.80. The van der Waals surface area contributed by atoms with E-state index in [1.807, 2.05) is 0 Å². The predicted octanol–water partition coefficient (Wildman–Crippen LogP) is 2.23. The van der Waals surface area contributed by atoms with Gasteiger partial charge in [-0.1, -0.05) is 12.1 Å². The minimum Gasteiger partial charge on any atom is -0.497 e. The van der Waals surface area contributed by atoms with Gasteiger partial charge >= 0.3 is 0 Å². The molecule has 0 aromatic heterocycles. The Morgan fingerprint density at radius 2 is 1.88 bits per heavy atom. The molecule has 0 radical (unpaired) electrons. The molecule has 2 aromatic rings. The molecule has 1 fully saturated rings. The van der Waals surface area contributed by atoms with Gasteiger partial charge in [0.25, 0.3) is 0 Å². The first-order valence-electron chi connectivity index (χ1n) is 10.9. The molecule has 1 amide bonds. The number of ether oxygens (including phenoxy) is 3. The summed E-state index contributed by atoms with van der Waals surface area (Å²) in [7, 11) is 3.12. The van der Waals surface area contributed by atoms with E-state index >= 15 is 0 Å². The zero-order chi connectivity index (χ0) is 23.8. The summed E-state index contributed by atoms with van der Waals surface area (Å²) in [4.78, 5) is 16.8. The van der Waals surface area contributed by atoms with Crippen LogP contribution >= 0.6 is 0 Å². The third-order valence-electron chi connectivity index (χ3n) is 5.56. The highest BCUT2D eigenvalue weighted by Crippen LogP contribution is 2.25. The summed E-state index contributed by atoms with van der Waals surface area (Å²) in [5, 5.41) is 13.2. The molecule has 0 unspecified atom stereocenters. The second-order valence-corrected chi connectivity index (χ2v) is 8.12. The van der Waals surface area contributed by atoms with E-state index in [0.717, 1.165) is 0 Å². The number of halogens is 1. The van der Waals surface area contributed by atoms with Gasteiger partial charge in [0.05, 0.1) is 20.8 Å². The number of hydrogen-bond acceptors (Lipinski definition) is 7. The van der Waals surface area contributed by atoms with E-state index in [2.05, 4.69) is 22.0 Å². The fourth-order valence-corrected chi connectivity index (χ4v) is 3.84. The van der Waals surface area contributed by atoms with Crippen molar-refractivity contribution >= 4 is 11.6 Å². The zero-order valence-corrected chi connectivity index (χ0v) is 19.3. The molecule has 2 atom stereocenters.